The summed E-state index contributed by atoms with van der Waals surface area (Å²) < 4.78 is 11.5. The largest absolute Gasteiger partial charge is 0.491 e. The molecule has 0 aliphatic carbocycles. The van der Waals surface area contributed by atoms with Crippen LogP contribution < -0.4 is 25.4 Å². The molecule has 236 valence electrons. The molecule has 2 aromatic rings. The van der Waals surface area contributed by atoms with Crippen molar-refractivity contribution in [1.29, 1.82) is 5.41 Å². The van der Waals surface area contributed by atoms with Gasteiger partial charge in [0.25, 0.3) is 11.8 Å². The van der Waals surface area contributed by atoms with E-state index in [9.17, 15) is 29.1 Å². The van der Waals surface area contributed by atoms with E-state index >= 15 is 0 Å². The maximum absolute atomic E-state index is 13.7. The number of carbonyl (C=O) groups excluding carboxylic acids is 4. The number of benzene rings is 1. The van der Waals surface area contributed by atoms with Gasteiger partial charge in [-0.05, 0) is 30.5 Å². The Morgan fingerprint density at radius 1 is 1.20 bits per heavy atom. The molecule has 14 nitrogen and oxygen atoms in total. The highest BCUT2D eigenvalue weighted by Crippen LogP contribution is 2.44. The fourth-order valence-corrected chi connectivity index (χ4v) is 4.99. The van der Waals surface area contributed by atoms with Crippen molar-refractivity contribution in [2.75, 3.05) is 31.6 Å². The van der Waals surface area contributed by atoms with Crippen LogP contribution in [0.15, 0.2) is 18.2 Å². The maximum Gasteiger partial charge on any atom is 0.307 e. The molecular weight excluding hydrogens is 640 g/mol. The minimum Gasteiger partial charge on any atom is -0.491 e. The van der Waals surface area contributed by atoms with Crippen molar-refractivity contribution in [3.63, 3.8) is 0 Å². The van der Waals surface area contributed by atoms with Gasteiger partial charge in [0.1, 0.15) is 23.8 Å². The topological polar surface area (TPSA) is 205 Å². The van der Waals surface area contributed by atoms with E-state index in [0.717, 1.165) is 4.90 Å². The van der Waals surface area contributed by atoms with Gasteiger partial charge < -0.3 is 30.5 Å². The summed E-state index contributed by atoms with van der Waals surface area (Å²) in [6, 6.07) is 4.66. The van der Waals surface area contributed by atoms with E-state index in [2.05, 4.69) is 10.3 Å². The Hall–Kier alpha value is -4.53. The van der Waals surface area contributed by atoms with Crippen LogP contribution in [0.2, 0.25) is 0 Å². The van der Waals surface area contributed by atoms with Crippen molar-refractivity contribution in [2.45, 2.75) is 52.2 Å². The zero-order valence-corrected chi connectivity index (χ0v) is 26.7. The number of halogens is 1. The first-order valence-corrected chi connectivity index (χ1v) is 13.6. The standard InChI is InChI=1S/C29H34N6O8.BrH/c1-6-42-19-9-15-11-34(26(31)23(15)33-24(19)27(40)32-5)12-18(36)14-7-16(29(2,3)4)25-17(8-14)35(13-21(30)37)28(41)20(43-25)10-22(38)39;/h7-9,20,31H,6,10-13H2,1-5H3,(H2,30,37)(H,32,40)(H,38,39);1H. The lowest BCUT2D eigenvalue weighted by Gasteiger charge is -2.37. The average Bonchev–Trinajstić information content (AvgIpc) is 3.22. The molecule has 4 rings (SSSR count). The molecule has 0 fully saturated rings. The minimum absolute atomic E-state index is 0. The first kappa shape index (κ1) is 34.0. The summed E-state index contributed by atoms with van der Waals surface area (Å²) in [4.78, 5) is 69.6. The molecule has 2 aliphatic rings. The lowest BCUT2D eigenvalue weighted by molar-refractivity contribution is -0.142. The van der Waals surface area contributed by atoms with Crippen molar-refractivity contribution in [1.82, 2.24) is 15.2 Å². The molecule has 1 unspecified atom stereocenters. The molecule has 3 amide bonds. The maximum atomic E-state index is 13.7. The van der Waals surface area contributed by atoms with Crippen LogP contribution in [-0.4, -0.2) is 83.1 Å². The van der Waals surface area contributed by atoms with Crippen LogP contribution in [0, 0.1) is 5.41 Å². The van der Waals surface area contributed by atoms with Gasteiger partial charge in [-0.1, -0.05) is 20.8 Å². The monoisotopic (exact) mass is 674 g/mol. The number of aliphatic carboxylic acids is 1. The van der Waals surface area contributed by atoms with E-state index in [-0.39, 0.29) is 70.0 Å². The number of hydrogen-bond acceptors (Lipinski definition) is 9. The van der Waals surface area contributed by atoms with Gasteiger partial charge >= 0.3 is 5.97 Å². The van der Waals surface area contributed by atoms with E-state index in [1.54, 1.807) is 19.1 Å². The van der Waals surface area contributed by atoms with Crippen molar-refractivity contribution in [2.24, 2.45) is 5.73 Å². The second-order valence-electron chi connectivity index (χ2n) is 11.2. The number of ketones is 1. The molecule has 44 heavy (non-hydrogen) atoms. The molecule has 1 aromatic heterocycles. The SMILES string of the molecule is Br.CCOc1cc2c(nc1C(=O)NC)C(=N)N(CC(=O)c1cc3c(c(C(C)(C)C)c1)OC(CC(=O)O)C(=O)N3CC(N)=O)C2. The number of carbonyl (C=O) groups is 5. The Kier molecular flexibility index (Phi) is 10.0. The molecule has 1 aromatic carbocycles. The predicted molar refractivity (Wildman–Crippen MR) is 164 cm³/mol. The zero-order valence-electron chi connectivity index (χ0n) is 25.0. The molecule has 15 heteroatoms. The number of amidine groups is 1. The number of nitrogens with one attached hydrogen (secondary N) is 2. The lowest BCUT2D eigenvalue weighted by atomic mass is 9.83. The fraction of sp³-hybridized carbons (Fsp3) is 0.414. The fourth-order valence-electron chi connectivity index (χ4n) is 4.99. The second-order valence-corrected chi connectivity index (χ2v) is 11.2. The number of anilines is 1. The van der Waals surface area contributed by atoms with Gasteiger partial charge in [-0.15, -0.1) is 17.0 Å². The van der Waals surface area contributed by atoms with Crippen LogP contribution in [0.3, 0.4) is 0 Å². The van der Waals surface area contributed by atoms with E-state index in [4.69, 9.17) is 20.6 Å². The van der Waals surface area contributed by atoms with Gasteiger partial charge in [0.15, 0.2) is 23.3 Å². The van der Waals surface area contributed by atoms with Crippen LogP contribution >= 0.6 is 17.0 Å². The molecule has 0 radical (unpaired) electrons. The molecule has 2 aliphatic heterocycles. The number of hydrogen-bond donors (Lipinski definition) is 4. The summed E-state index contributed by atoms with van der Waals surface area (Å²) in [5, 5.41) is 20.5. The second kappa shape index (κ2) is 13.0. The average molecular weight is 676 g/mol. The van der Waals surface area contributed by atoms with Crippen LogP contribution in [0.5, 0.6) is 11.5 Å². The Labute approximate surface area is 264 Å². The first-order chi connectivity index (χ1) is 20.2. The van der Waals surface area contributed by atoms with E-state index in [1.165, 1.54) is 18.0 Å². The van der Waals surface area contributed by atoms with E-state index in [0.29, 0.717) is 17.7 Å². The Morgan fingerprint density at radius 3 is 2.45 bits per heavy atom. The molecule has 0 saturated carbocycles. The van der Waals surface area contributed by atoms with Crippen LogP contribution in [-0.2, 0) is 26.3 Å². The molecule has 0 spiro atoms. The highest BCUT2D eigenvalue weighted by atomic mass is 79.9. The highest BCUT2D eigenvalue weighted by Gasteiger charge is 2.40. The summed E-state index contributed by atoms with van der Waals surface area (Å²) >= 11 is 0. The third-order valence-corrected chi connectivity index (χ3v) is 7.01. The van der Waals surface area contributed by atoms with Crippen molar-refractivity contribution < 1.29 is 38.6 Å². The van der Waals surface area contributed by atoms with Crippen molar-refractivity contribution >= 4 is 58.0 Å². The first-order valence-electron chi connectivity index (χ1n) is 13.6. The number of carboxylic acid groups (broad SMARTS) is 1. The number of nitrogens with zero attached hydrogens (tertiary/aromatic N) is 3. The summed E-state index contributed by atoms with van der Waals surface area (Å²) in [5.41, 5.74) is 6.52. The number of fused-ring (bicyclic) bond motifs is 2. The Morgan fingerprint density at radius 2 is 1.89 bits per heavy atom. The third kappa shape index (κ3) is 6.67. The van der Waals surface area contributed by atoms with Crippen molar-refractivity contribution in [3.8, 4) is 11.5 Å². The summed E-state index contributed by atoms with van der Waals surface area (Å²) in [5.74, 6) is -3.32. The molecule has 0 saturated heterocycles. The van der Waals surface area contributed by atoms with Gasteiger partial charge in [-0.25, -0.2) is 4.98 Å². The lowest BCUT2D eigenvalue weighted by Crippen LogP contribution is -2.50. The van der Waals surface area contributed by atoms with Gasteiger partial charge in [-0.3, -0.25) is 34.3 Å². The van der Waals surface area contributed by atoms with Gasteiger partial charge in [-0.2, -0.15) is 0 Å². The minimum atomic E-state index is -1.38. The summed E-state index contributed by atoms with van der Waals surface area (Å²) in [6.45, 7) is 7.05. The number of ether oxygens (including phenoxy) is 2. The molecular formula is C29H35BrN6O8. The molecule has 3 heterocycles. The number of aromatic nitrogens is 1. The normalized spacial score (nSPS) is 15.5. The van der Waals surface area contributed by atoms with Gasteiger partial charge in [0.05, 0.1) is 25.3 Å². The number of carboxylic acids is 1. The van der Waals surface area contributed by atoms with Gasteiger partial charge in [0.2, 0.25) is 5.91 Å². The third-order valence-electron chi connectivity index (χ3n) is 7.01. The number of nitrogens with two attached hydrogens (primary N) is 1. The van der Waals surface area contributed by atoms with E-state index in [1.807, 2.05) is 20.8 Å². The molecule has 0 bridgehead atoms. The predicted octanol–water partition coefficient (Wildman–Crippen LogP) is 1.79. The van der Waals surface area contributed by atoms with E-state index < -0.39 is 54.0 Å². The van der Waals surface area contributed by atoms with Crippen LogP contribution in [0.4, 0.5) is 5.69 Å². The zero-order chi connectivity index (χ0) is 31.8. The van der Waals surface area contributed by atoms with Crippen molar-refractivity contribution in [3.05, 3.63) is 46.3 Å². The number of pyridine rings is 1. The van der Waals surface area contributed by atoms with Crippen LogP contribution in [0.25, 0.3) is 0 Å². The molecule has 5 N–H and O–H groups in total. The summed E-state index contributed by atoms with van der Waals surface area (Å²) in [6.07, 6.45) is -2.01. The summed E-state index contributed by atoms with van der Waals surface area (Å²) in [7, 11) is 1.46. The Balaban J connectivity index is 0.00000529. The highest BCUT2D eigenvalue weighted by molar-refractivity contribution is 8.93. The van der Waals surface area contributed by atoms with Gasteiger partial charge in [0, 0.05) is 30.3 Å². The number of amides is 3. The smallest absolute Gasteiger partial charge is 0.307 e. The molecule has 1 atom stereocenters. The number of primary amides is 1. The van der Waals surface area contributed by atoms with Crippen LogP contribution in [0.1, 0.15) is 71.8 Å². The quantitative estimate of drug-likeness (QED) is 0.269. The number of rotatable bonds is 10. The Bertz CT molecular complexity index is 1550. The number of Topliss-reactive ketones (excluding diaryl/α,β-unsaturated/α-hetero) is 1.